The summed E-state index contributed by atoms with van der Waals surface area (Å²) in [6.07, 6.45) is 30.0. The molecule has 0 aromatic rings. The molecule has 0 amide bonds. The van der Waals surface area contributed by atoms with Gasteiger partial charge < -0.3 is 25.2 Å². The van der Waals surface area contributed by atoms with Gasteiger partial charge in [0.15, 0.2) is 6.10 Å². The van der Waals surface area contributed by atoms with Gasteiger partial charge in [0.25, 0.3) is 0 Å². The number of carboxylic acids is 1. The molecule has 0 aliphatic carbocycles. The number of esters is 2. The second-order valence-corrected chi connectivity index (χ2v) is 12.4. The molecular weight excluding hydrogens is 613 g/mol. The lowest BCUT2D eigenvalue weighted by Gasteiger charge is -2.20. The van der Waals surface area contributed by atoms with Crippen LogP contribution in [0.4, 0.5) is 0 Å². The smallest absolute Gasteiger partial charge is 0.472 e. The summed E-state index contributed by atoms with van der Waals surface area (Å²) in [5, 5.41) is 8.79. The first kappa shape index (κ1) is 43.4. The van der Waals surface area contributed by atoms with E-state index in [1.165, 1.54) is 0 Å². The Labute approximate surface area is 275 Å². The number of carbonyl (C=O) groups excluding carboxylic acids is 2. The van der Waals surface area contributed by atoms with Crippen molar-refractivity contribution in [3.63, 3.8) is 0 Å². The van der Waals surface area contributed by atoms with E-state index in [9.17, 15) is 23.8 Å². The van der Waals surface area contributed by atoms with Gasteiger partial charge in [-0.25, -0.2) is 4.57 Å². The number of unbranched alkanes of at least 4 members (excludes halogenated alkanes) is 8. The van der Waals surface area contributed by atoms with Gasteiger partial charge in [-0.05, 0) is 51.4 Å². The highest BCUT2D eigenvalue weighted by Crippen LogP contribution is 2.43. The van der Waals surface area contributed by atoms with Crippen molar-refractivity contribution >= 4 is 25.7 Å². The van der Waals surface area contributed by atoms with Crippen LogP contribution < -0.4 is 5.73 Å². The lowest BCUT2D eigenvalue weighted by Crippen LogP contribution is -2.34. The number of hydrogen-bond donors (Lipinski definition) is 3. The van der Waals surface area contributed by atoms with Crippen molar-refractivity contribution < 1.29 is 47.5 Å². The van der Waals surface area contributed by atoms with E-state index in [1.807, 2.05) is 6.92 Å². The highest BCUT2D eigenvalue weighted by molar-refractivity contribution is 7.47. The molecule has 11 nitrogen and oxygen atoms in total. The minimum atomic E-state index is -4.70. The Bertz CT molecular complexity index is 979. The molecule has 0 aliphatic heterocycles. The third kappa shape index (κ3) is 28.9. The largest absolute Gasteiger partial charge is 0.480 e. The van der Waals surface area contributed by atoms with Crippen LogP contribution in [-0.2, 0) is 37.5 Å². The first-order valence-electron chi connectivity index (χ1n) is 16.7. The SMILES string of the molecule is CC/C=C\C/C=C\C/C=C\C/C=C\CCCCCCCCC(=O)OC(COC(=O)CCCCC)COP(=O)(O)OCC(N)C(=O)O. The van der Waals surface area contributed by atoms with Gasteiger partial charge in [-0.3, -0.25) is 23.4 Å². The summed E-state index contributed by atoms with van der Waals surface area (Å²) in [5.41, 5.74) is 5.27. The Morgan fingerprint density at radius 2 is 1.22 bits per heavy atom. The van der Waals surface area contributed by atoms with Crippen LogP contribution in [0.15, 0.2) is 48.6 Å². The Morgan fingerprint density at radius 3 is 1.83 bits per heavy atom. The van der Waals surface area contributed by atoms with Crippen molar-refractivity contribution in [1.82, 2.24) is 0 Å². The van der Waals surface area contributed by atoms with Gasteiger partial charge in [0.1, 0.15) is 12.6 Å². The lowest BCUT2D eigenvalue weighted by atomic mass is 10.1. The first-order chi connectivity index (χ1) is 22.1. The van der Waals surface area contributed by atoms with Crippen molar-refractivity contribution in [2.24, 2.45) is 5.73 Å². The molecule has 0 radical (unpaired) electrons. The van der Waals surface area contributed by atoms with Crippen LogP contribution >= 0.6 is 7.82 Å². The maximum atomic E-state index is 12.4. The van der Waals surface area contributed by atoms with Gasteiger partial charge in [0, 0.05) is 12.8 Å². The van der Waals surface area contributed by atoms with E-state index >= 15 is 0 Å². The van der Waals surface area contributed by atoms with Crippen molar-refractivity contribution in [2.75, 3.05) is 19.8 Å². The average Bonchev–Trinajstić information content (AvgIpc) is 3.02. The summed E-state index contributed by atoms with van der Waals surface area (Å²) in [7, 11) is -4.70. The number of carbonyl (C=O) groups is 3. The molecule has 0 bridgehead atoms. The fourth-order valence-electron chi connectivity index (χ4n) is 3.93. The van der Waals surface area contributed by atoms with E-state index in [1.54, 1.807) is 0 Å². The molecule has 0 aromatic heterocycles. The number of allylic oxidation sites excluding steroid dienone is 8. The molecule has 0 fully saturated rings. The van der Waals surface area contributed by atoms with E-state index in [0.29, 0.717) is 12.8 Å². The second kappa shape index (κ2) is 29.8. The molecule has 3 unspecified atom stereocenters. The molecule has 0 saturated heterocycles. The fourth-order valence-corrected chi connectivity index (χ4v) is 4.71. The zero-order valence-electron chi connectivity index (χ0n) is 27.9. The summed E-state index contributed by atoms with van der Waals surface area (Å²) in [4.78, 5) is 45.0. The maximum Gasteiger partial charge on any atom is 0.472 e. The predicted octanol–water partition coefficient (Wildman–Crippen LogP) is 7.49. The molecule has 264 valence electrons. The Kier molecular flexibility index (Phi) is 28.2. The first-order valence-corrected chi connectivity index (χ1v) is 18.2. The van der Waals surface area contributed by atoms with Crippen molar-refractivity contribution in [1.29, 1.82) is 0 Å². The van der Waals surface area contributed by atoms with Crippen LogP contribution in [0.25, 0.3) is 0 Å². The summed E-state index contributed by atoms with van der Waals surface area (Å²) < 4.78 is 32.1. The standard InChI is InChI=1S/C34H58NO10P/c1-3-5-7-8-9-10-11-12-13-14-15-16-17-18-19-20-21-22-24-26-33(37)45-30(27-42-32(36)25-23-6-4-2)28-43-46(40,41)44-29-31(35)34(38)39/h5,7,9-10,12-13,15-16,30-31H,3-4,6,8,11,14,17-29,35H2,1-2H3,(H,38,39)(H,40,41)/b7-5-,10-9-,13-12-,16-15-. The highest BCUT2D eigenvalue weighted by atomic mass is 31.2. The summed E-state index contributed by atoms with van der Waals surface area (Å²) in [5.74, 6) is -2.44. The number of phosphoric acid groups is 1. The normalized spacial score (nSPS) is 14.7. The number of aliphatic carboxylic acids is 1. The third-order valence-corrected chi connectivity index (χ3v) is 7.54. The minimum Gasteiger partial charge on any atom is -0.480 e. The lowest BCUT2D eigenvalue weighted by molar-refractivity contribution is -0.161. The van der Waals surface area contributed by atoms with Crippen molar-refractivity contribution in [3.05, 3.63) is 48.6 Å². The molecule has 0 heterocycles. The molecule has 4 N–H and O–H groups in total. The summed E-state index contributed by atoms with van der Waals surface area (Å²) in [6.45, 7) is 2.43. The van der Waals surface area contributed by atoms with Crippen LogP contribution in [0.3, 0.4) is 0 Å². The zero-order valence-corrected chi connectivity index (χ0v) is 28.8. The van der Waals surface area contributed by atoms with E-state index in [0.717, 1.165) is 77.0 Å². The van der Waals surface area contributed by atoms with Crippen LogP contribution in [0, 0.1) is 0 Å². The topological polar surface area (TPSA) is 172 Å². The molecule has 46 heavy (non-hydrogen) atoms. The minimum absolute atomic E-state index is 0.143. The number of nitrogens with two attached hydrogens (primary N) is 1. The number of hydrogen-bond acceptors (Lipinski definition) is 9. The summed E-state index contributed by atoms with van der Waals surface area (Å²) >= 11 is 0. The van der Waals surface area contributed by atoms with Gasteiger partial charge >= 0.3 is 25.7 Å². The van der Waals surface area contributed by atoms with Gasteiger partial charge in [-0.15, -0.1) is 0 Å². The second-order valence-electron chi connectivity index (χ2n) is 10.9. The molecule has 0 rings (SSSR count). The van der Waals surface area contributed by atoms with Crippen LogP contribution in [0.2, 0.25) is 0 Å². The van der Waals surface area contributed by atoms with E-state index < -0.39 is 51.1 Å². The van der Waals surface area contributed by atoms with Crippen molar-refractivity contribution in [2.45, 2.75) is 129 Å². The number of ether oxygens (including phenoxy) is 2. The summed E-state index contributed by atoms with van der Waals surface area (Å²) in [6, 6.07) is -1.52. The van der Waals surface area contributed by atoms with Crippen molar-refractivity contribution in [3.8, 4) is 0 Å². The van der Waals surface area contributed by atoms with Gasteiger partial charge in [-0.2, -0.15) is 0 Å². The van der Waals surface area contributed by atoms with E-state index in [-0.39, 0.29) is 19.4 Å². The zero-order chi connectivity index (χ0) is 34.3. The predicted molar refractivity (Wildman–Crippen MR) is 180 cm³/mol. The van der Waals surface area contributed by atoms with Gasteiger partial charge in [0.05, 0.1) is 13.2 Å². The molecule has 0 spiro atoms. The molecule has 0 saturated carbocycles. The molecule has 0 aliphatic rings. The number of carboxylic acid groups (broad SMARTS) is 1. The van der Waals surface area contributed by atoms with Crippen LogP contribution in [0.1, 0.15) is 117 Å². The van der Waals surface area contributed by atoms with E-state index in [4.69, 9.17) is 24.8 Å². The Hall–Kier alpha value is -2.56. The molecule has 0 aromatic carbocycles. The fraction of sp³-hybridized carbons (Fsp3) is 0.676. The maximum absolute atomic E-state index is 12.4. The molecule has 12 heteroatoms. The molecule has 3 atom stereocenters. The Balaban J connectivity index is 4.29. The van der Waals surface area contributed by atoms with E-state index in [2.05, 4.69) is 60.1 Å². The van der Waals surface area contributed by atoms with Crippen LogP contribution in [-0.4, -0.2) is 59.9 Å². The average molecular weight is 672 g/mol. The monoisotopic (exact) mass is 671 g/mol. The van der Waals surface area contributed by atoms with Crippen LogP contribution in [0.5, 0.6) is 0 Å². The number of phosphoric ester groups is 1. The highest BCUT2D eigenvalue weighted by Gasteiger charge is 2.28. The van der Waals surface area contributed by atoms with Gasteiger partial charge in [0.2, 0.25) is 0 Å². The number of rotatable bonds is 30. The quantitative estimate of drug-likeness (QED) is 0.0299. The third-order valence-electron chi connectivity index (χ3n) is 6.59. The van der Waals surface area contributed by atoms with Gasteiger partial charge in [-0.1, -0.05) is 101 Å². The molecular formula is C34H58NO10P. The Morgan fingerprint density at radius 1 is 0.696 bits per heavy atom.